The van der Waals surface area contributed by atoms with E-state index in [1.54, 1.807) is 13.4 Å². The zero-order valence-electron chi connectivity index (χ0n) is 14.5. The van der Waals surface area contributed by atoms with Gasteiger partial charge in [0.2, 0.25) is 0 Å². The minimum Gasteiger partial charge on any atom is -0.496 e. The number of ether oxygens (including phenoxy) is 1. The highest BCUT2D eigenvalue weighted by Gasteiger charge is 2.03. The van der Waals surface area contributed by atoms with Gasteiger partial charge in [0.05, 0.1) is 19.9 Å². The first-order valence-corrected chi connectivity index (χ1v) is 8.50. The third kappa shape index (κ3) is 5.99. The SMILES string of the molecule is CCCCNC(=NCc1ccccc1OC)NCCc1ccco1. The number of nitrogens with zero attached hydrogens (tertiary/aromatic N) is 1. The topological polar surface area (TPSA) is 58.8 Å². The van der Waals surface area contributed by atoms with Gasteiger partial charge in [-0.3, -0.25) is 0 Å². The molecule has 24 heavy (non-hydrogen) atoms. The van der Waals surface area contributed by atoms with Crippen LogP contribution in [0.15, 0.2) is 52.1 Å². The third-order valence-electron chi connectivity index (χ3n) is 3.67. The molecule has 0 spiro atoms. The zero-order valence-corrected chi connectivity index (χ0v) is 14.5. The van der Waals surface area contributed by atoms with Crippen LogP contribution in [0.25, 0.3) is 0 Å². The van der Waals surface area contributed by atoms with E-state index in [0.29, 0.717) is 6.54 Å². The average Bonchev–Trinajstić information content (AvgIpc) is 3.13. The van der Waals surface area contributed by atoms with Gasteiger partial charge in [-0.25, -0.2) is 4.99 Å². The summed E-state index contributed by atoms with van der Waals surface area (Å²) in [5, 5.41) is 6.74. The second-order valence-electron chi connectivity index (χ2n) is 5.51. The second kappa shape index (κ2) is 10.4. The van der Waals surface area contributed by atoms with E-state index in [-0.39, 0.29) is 0 Å². The second-order valence-corrected chi connectivity index (χ2v) is 5.51. The minimum absolute atomic E-state index is 0.576. The van der Waals surface area contributed by atoms with Crippen molar-refractivity contribution in [3.8, 4) is 5.75 Å². The number of hydrogen-bond donors (Lipinski definition) is 2. The van der Waals surface area contributed by atoms with Gasteiger partial charge in [-0.1, -0.05) is 31.5 Å². The summed E-state index contributed by atoms with van der Waals surface area (Å²) >= 11 is 0. The summed E-state index contributed by atoms with van der Waals surface area (Å²) in [4.78, 5) is 4.68. The number of furan rings is 1. The summed E-state index contributed by atoms with van der Waals surface area (Å²) in [6.07, 6.45) is 4.80. The number of unbranched alkanes of at least 4 members (excludes halogenated alkanes) is 1. The molecule has 1 aromatic carbocycles. The highest BCUT2D eigenvalue weighted by molar-refractivity contribution is 5.79. The molecule has 0 aliphatic heterocycles. The van der Waals surface area contributed by atoms with Crippen LogP contribution >= 0.6 is 0 Å². The average molecular weight is 329 g/mol. The number of benzene rings is 1. The number of nitrogens with one attached hydrogen (secondary N) is 2. The molecule has 0 radical (unpaired) electrons. The van der Waals surface area contributed by atoms with E-state index in [1.807, 2.05) is 36.4 Å². The van der Waals surface area contributed by atoms with Crippen molar-refractivity contribution in [1.29, 1.82) is 0 Å². The molecule has 0 aliphatic rings. The van der Waals surface area contributed by atoms with Crippen molar-refractivity contribution in [2.75, 3.05) is 20.2 Å². The van der Waals surface area contributed by atoms with Crippen LogP contribution in [0.3, 0.4) is 0 Å². The van der Waals surface area contributed by atoms with Gasteiger partial charge < -0.3 is 19.8 Å². The maximum atomic E-state index is 5.38. The van der Waals surface area contributed by atoms with Crippen molar-refractivity contribution >= 4 is 5.96 Å². The Labute approximate surface area is 144 Å². The molecule has 130 valence electrons. The van der Waals surface area contributed by atoms with Gasteiger partial charge in [0.25, 0.3) is 0 Å². The lowest BCUT2D eigenvalue weighted by Crippen LogP contribution is -2.38. The van der Waals surface area contributed by atoms with Crippen molar-refractivity contribution in [2.24, 2.45) is 4.99 Å². The van der Waals surface area contributed by atoms with E-state index in [4.69, 9.17) is 9.15 Å². The van der Waals surface area contributed by atoms with E-state index in [0.717, 1.165) is 55.4 Å². The lowest BCUT2D eigenvalue weighted by molar-refractivity contribution is 0.410. The number of aliphatic imine (C=N–C) groups is 1. The first-order valence-electron chi connectivity index (χ1n) is 8.50. The summed E-state index contributed by atoms with van der Waals surface area (Å²) < 4.78 is 10.7. The molecule has 1 aromatic heterocycles. The van der Waals surface area contributed by atoms with Crippen molar-refractivity contribution in [2.45, 2.75) is 32.7 Å². The summed E-state index contributed by atoms with van der Waals surface area (Å²) in [6.45, 7) is 4.44. The Morgan fingerprint density at radius 2 is 1.96 bits per heavy atom. The zero-order chi connectivity index (χ0) is 17.0. The summed E-state index contributed by atoms with van der Waals surface area (Å²) in [5.41, 5.74) is 1.07. The molecule has 2 N–H and O–H groups in total. The van der Waals surface area contributed by atoms with Gasteiger partial charge in [-0.15, -0.1) is 0 Å². The molecular formula is C19H27N3O2. The monoisotopic (exact) mass is 329 g/mol. The Morgan fingerprint density at radius 1 is 1.12 bits per heavy atom. The van der Waals surface area contributed by atoms with E-state index < -0.39 is 0 Å². The predicted octanol–water partition coefficient (Wildman–Crippen LogP) is 3.37. The van der Waals surface area contributed by atoms with Gasteiger partial charge in [0.15, 0.2) is 5.96 Å². The van der Waals surface area contributed by atoms with E-state index in [2.05, 4.69) is 22.5 Å². The molecule has 0 atom stereocenters. The van der Waals surface area contributed by atoms with E-state index in [9.17, 15) is 0 Å². The quantitative estimate of drug-likeness (QED) is 0.421. The number of guanidine groups is 1. The first-order chi connectivity index (χ1) is 11.8. The standard InChI is InChI=1S/C19H27N3O2/c1-3-4-12-20-19(21-13-11-17-9-7-14-24-17)22-15-16-8-5-6-10-18(16)23-2/h5-10,14H,3-4,11-13,15H2,1-2H3,(H2,20,21,22). The lowest BCUT2D eigenvalue weighted by Gasteiger charge is -2.12. The minimum atomic E-state index is 0.576. The van der Waals surface area contributed by atoms with Gasteiger partial charge >= 0.3 is 0 Å². The van der Waals surface area contributed by atoms with Crippen molar-refractivity contribution < 1.29 is 9.15 Å². The molecule has 0 aliphatic carbocycles. The van der Waals surface area contributed by atoms with Gasteiger partial charge in [0.1, 0.15) is 11.5 Å². The van der Waals surface area contributed by atoms with Crippen molar-refractivity contribution in [3.05, 3.63) is 54.0 Å². The van der Waals surface area contributed by atoms with Gasteiger partial charge in [-0.05, 0) is 24.6 Å². The molecule has 2 aromatic rings. The fourth-order valence-corrected chi connectivity index (χ4v) is 2.31. The largest absolute Gasteiger partial charge is 0.496 e. The Hall–Kier alpha value is -2.43. The normalized spacial score (nSPS) is 11.3. The Morgan fingerprint density at radius 3 is 2.71 bits per heavy atom. The molecule has 5 heteroatoms. The summed E-state index contributed by atoms with van der Waals surface area (Å²) in [5.74, 6) is 2.66. The highest BCUT2D eigenvalue weighted by Crippen LogP contribution is 2.17. The maximum Gasteiger partial charge on any atom is 0.191 e. The van der Waals surface area contributed by atoms with Crippen LogP contribution in [0.2, 0.25) is 0 Å². The molecule has 1 heterocycles. The number of para-hydroxylation sites is 1. The molecular weight excluding hydrogens is 302 g/mol. The first kappa shape index (κ1) is 17.9. The molecule has 2 rings (SSSR count). The number of hydrogen-bond acceptors (Lipinski definition) is 3. The van der Waals surface area contributed by atoms with Crippen LogP contribution in [0.5, 0.6) is 5.75 Å². The number of rotatable bonds is 9. The highest BCUT2D eigenvalue weighted by atomic mass is 16.5. The Balaban J connectivity index is 1.92. The third-order valence-corrected chi connectivity index (χ3v) is 3.67. The van der Waals surface area contributed by atoms with Crippen LogP contribution in [0.1, 0.15) is 31.1 Å². The summed E-state index contributed by atoms with van der Waals surface area (Å²) in [6, 6.07) is 11.9. The molecule has 0 saturated heterocycles. The van der Waals surface area contributed by atoms with E-state index >= 15 is 0 Å². The lowest BCUT2D eigenvalue weighted by atomic mass is 10.2. The molecule has 0 bridgehead atoms. The molecule has 0 saturated carbocycles. The van der Waals surface area contributed by atoms with Crippen LogP contribution in [0, 0.1) is 0 Å². The molecule has 0 unspecified atom stereocenters. The fraction of sp³-hybridized carbons (Fsp3) is 0.421. The smallest absolute Gasteiger partial charge is 0.191 e. The Kier molecular flexibility index (Phi) is 7.74. The van der Waals surface area contributed by atoms with Crippen molar-refractivity contribution in [3.63, 3.8) is 0 Å². The van der Waals surface area contributed by atoms with Crippen LogP contribution in [0.4, 0.5) is 0 Å². The van der Waals surface area contributed by atoms with Crippen LogP contribution < -0.4 is 15.4 Å². The van der Waals surface area contributed by atoms with E-state index in [1.165, 1.54) is 0 Å². The molecule has 0 amide bonds. The molecule has 5 nitrogen and oxygen atoms in total. The van der Waals surface area contributed by atoms with Gasteiger partial charge in [-0.2, -0.15) is 0 Å². The maximum absolute atomic E-state index is 5.38. The van der Waals surface area contributed by atoms with Crippen molar-refractivity contribution in [1.82, 2.24) is 10.6 Å². The van der Waals surface area contributed by atoms with Crippen LogP contribution in [-0.2, 0) is 13.0 Å². The fourth-order valence-electron chi connectivity index (χ4n) is 2.31. The summed E-state index contributed by atoms with van der Waals surface area (Å²) in [7, 11) is 1.69. The predicted molar refractivity (Wildman–Crippen MR) is 97.5 cm³/mol. The number of methoxy groups -OCH3 is 1. The Bertz CT molecular complexity index is 609. The van der Waals surface area contributed by atoms with Crippen LogP contribution in [-0.4, -0.2) is 26.2 Å². The van der Waals surface area contributed by atoms with Gasteiger partial charge in [0, 0.05) is 25.1 Å². The molecule has 0 fully saturated rings.